The minimum absolute atomic E-state index is 0.130. The van der Waals surface area contributed by atoms with Gasteiger partial charge in [0, 0.05) is 0 Å². The Bertz CT molecular complexity index is 79.0. The predicted octanol–water partition coefficient (Wildman–Crippen LogP) is 2.11. The summed E-state index contributed by atoms with van der Waals surface area (Å²) in [5.74, 6) is 0. The van der Waals surface area contributed by atoms with Crippen molar-refractivity contribution in [3.05, 3.63) is 0 Å². The molecule has 0 aliphatic rings. The molecule has 3 heteroatoms. The van der Waals surface area contributed by atoms with E-state index in [0.29, 0.717) is 0 Å². The third-order valence-electron chi connectivity index (χ3n) is 0.810. The monoisotopic (exact) mass is 281 g/mol. The van der Waals surface area contributed by atoms with Crippen LogP contribution in [0.25, 0.3) is 0 Å². The van der Waals surface area contributed by atoms with Gasteiger partial charge in [-0.25, -0.2) is 0 Å². The molecule has 0 aromatic heterocycles. The topological polar surface area (TPSA) is 23.8 Å². The van der Waals surface area contributed by atoms with E-state index >= 15 is 0 Å². The van der Waals surface area contributed by atoms with E-state index in [2.05, 4.69) is 18.8 Å². The van der Waals surface area contributed by atoms with E-state index in [1.54, 1.807) is 0 Å². The molecule has 0 heterocycles. The van der Waals surface area contributed by atoms with Gasteiger partial charge in [0.15, 0.2) is 0 Å². The Kier molecular flexibility index (Phi) is 8.52. The average Bonchev–Trinajstić information content (AvgIpc) is 1.81. The van der Waals surface area contributed by atoms with Gasteiger partial charge in [0.1, 0.15) is 0 Å². The van der Waals surface area contributed by atoms with E-state index in [0.717, 1.165) is 12.8 Å². The van der Waals surface area contributed by atoms with Crippen molar-refractivity contribution in [3.8, 4) is 6.07 Å². The number of nitriles is 1. The van der Waals surface area contributed by atoms with Crippen molar-refractivity contribution in [2.24, 2.45) is 0 Å². The number of hydrogen-bond acceptors (Lipinski definition) is 1. The van der Waals surface area contributed by atoms with Crippen LogP contribution in [0.4, 0.5) is 0 Å². The molecule has 0 aromatic rings. The molecule has 0 aromatic carbocycles. The summed E-state index contributed by atoms with van der Waals surface area (Å²) in [5, 5.41) is 8.12. The fourth-order valence-corrected chi connectivity index (χ4v) is 3.37. The van der Waals surface area contributed by atoms with Crippen LogP contribution in [0.5, 0.6) is 0 Å². The van der Waals surface area contributed by atoms with E-state index in [4.69, 9.17) is 5.26 Å². The van der Waals surface area contributed by atoms with Crippen LogP contribution in [0.15, 0.2) is 0 Å². The summed E-state index contributed by atoms with van der Waals surface area (Å²) in [7, 11) is 0. The second kappa shape index (κ2) is 7.77. The van der Waals surface area contributed by atoms with Crippen molar-refractivity contribution in [1.29, 1.82) is 5.26 Å². The number of nitrogens with zero attached hydrogens (tertiary/aromatic N) is 1. The first kappa shape index (κ1) is 8.77. The molecule has 44 valence electrons. The van der Waals surface area contributed by atoms with Crippen LogP contribution in [0, 0.1) is 11.3 Å². The number of rotatable bonds is 4. The molecular formula is C5H8BrNSn. The second-order valence-corrected chi connectivity index (χ2v) is 7.45. The van der Waals surface area contributed by atoms with Crippen molar-refractivity contribution in [1.82, 2.24) is 0 Å². The maximum atomic E-state index is 8.12. The van der Waals surface area contributed by atoms with Crippen molar-refractivity contribution in [2.45, 2.75) is 23.7 Å². The molecule has 1 nitrogen and oxygen atoms in total. The fourth-order valence-electron chi connectivity index (χ4n) is 0.396. The van der Waals surface area contributed by atoms with Crippen LogP contribution in [0.1, 0.15) is 19.3 Å². The van der Waals surface area contributed by atoms with Gasteiger partial charge in [0.05, 0.1) is 0 Å². The first-order valence-electron chi connectivity index (χ1n) is 2.62. The summed E-state index contributed by atoms with van der Waals surface area (Å²) in [6, 6.07) is 2.13. The standard InChI is InChI=1S/C5H8N.BrH.Sn/c1-2-3-4-5-6;;/h1-4H2;1H;/q;;+1/p-1. The number of halogens is 1. The van der Waals surface area contributed by atoms with Crippen LogP contribution in [-0.2, 0) is 0 Å². The van der Waals surface area contributed by atoms with Crippen LogP contribution < -0.4 is 0 Å². The molecule has 0 N–H and O–H groups in total. The van der Waals surface area contributed by atoms with Gasteiger partial charge in [0.25, 0.3) is 0 Å². The van der Waals surface area contributed by atoms with Crippen LogP contribution in [0.2, 0.25) is 4.44 Å². The normalized spacial score (nSPS) is 8.50. The van der Waals surface area contributed by atoms with Crippen molar-refractivity contribution in [3.63, 3.8) is 0 Å². The minimum atomic E-state index is -0.130. The van der Waals surface area contributed by atoms with Gasteiger partial charge in [-0.2, -0.15) is 0 Å². The predicted molar refractivity (Wildman–Crippen MR) is 39.0 cm³/mol. The Balaban J connectivity index is 2.65. The summed E-state index contributed by atoms with van der Waals surface area (Å²) < 4.78 is 1.37. The zero-order valence-electron chi connectivity index (χ0n) is 4.65. The van der Waals surface area contributed by atoms with E-state index in [1.165, 1.54) is 10.9 Å². The van der Waals surface area contributed by atoms with E-state index in [1.807, 2.05) is 0 Å². The SMILES string of the molecule is N#CCCC[CH2][Sn][Br]. The molecular weight excluding hydrogens is 273 g/mol. The summed E-state index contributed by atoms with van der Waals surface area (Å²) in [6.07, 6.45) is 3.10. The second-order valence-electron chi connectivity index (χ2n) is 1.50. The van der Waals surface area contributed by atoms with Crippen LogP contribution >= 0.6 is 12.7 Å². The van der Waals surface area contributed by atoms with E-state index in [-0.39, 0.29) is 18.9 Å². The summed E-state index contributed by atoms with van der Waals surface area (Å²) in [4.78, 5) is 0. The maximum absolute atomic E-state index is 8.12. The summed E-state index contributed by atoms with van der Waals surface area (Å²) in [6.45, 7) is 0. The molecule has 0 rings (SSSR count). The Morgan fingerprint density at radius 2 is 2.25 bits per heavy atom. The molecule has 0 aliphatic carbocycles. The Morgan fingerprint density at radius 1 is 1.50 bits per heavy atom. The number of unbranched alkanes of at least 4 members (excludes halogenated alkanes) is 2. The van der Waals surface area contributed by atoms with E-state index in [9.17, 15) is 0 Å². The molecule has 0 atom stereocenters. The Hall–Kier alpha value is 0.769. The van der Waals surface area contributed by atoms with Gasteiger partial charge in [0.2, 0.25) is 0 Å². The van der Waals surface area contributed by atoms with Crippen molar-refractivity contribution < 1.29 is 0 Å². The zero-order chi connectivity index (χ0) is 6.24. The molecule has 0 bridgehead atoms. The summed E-state index contributed by atoms with van der Waals surface area (Å²) in [5.41, 5.74) is 0. The third-order valence-corrected chi connectivity index (χ3v) is 5.02. The van der Waals surface area contributed by atoms with Gasteiger partial charge >= 0.3 is 66.7 Å². The number of hydrogen-bond donors (Lipinski definition) is 0. The van der Waals surface area contributed by atoms with Crippen LogP contribution in [0.3, 0.4) is 0 Å². The Morgan fingerprint density at radius 3 is 2.75 bits per heavy atom. The molecule has 0 fully saturated rings. The zero-order valence-corrected chi connectivity index (χ0v) is 9.09. The third kappa shape index (κ3) is 6.77. The molecule has 0 aliphatic heterocycles. The van der Waals surface area contributed by atoms with Gasteiger partial charge in [-0.3, -0.25) is 0 Å². The molecule has 8 heavy (non-hydrogen) atoms. The molecule has 0 amide bonds. The first-order chi connectivity index (χ1) is 3.91. The van der Waals surface area contributed by atoms with Crippen LogP contribution in [-0.4, -0.2) is 18.9 Å². The average molecular weight is 281 g/mol. The van der Waals surface area contributed by atoms with Crippen molar-refractivity contribution in [2.75, 3.05) is 0 Å². The quantitative estimate of drug-likeness (QED) is 0.572. The Labute approximate surface area is 66.4 Å². The van der Waals surface area contributed by atoms with Crippen molar-refractivity contribution >= 4 is 31.6 Å². The molecule has 0 saturated heterocycles. The fraction of sp³-hybridized carbons (Fsp3) is 0.800. The van der Waals surface area contributed by atoms with Gasteiger partial charge < -0.3 is 0 Å². The molecule has 0 saturated carbocycles. The van der Waals surface area contributed by atoms with Gasteiger partial charge in [-0.15, -0.1) is 0 Å². The van der Waals surface area contributed by atoms with Gasteiger partial charge in [-0.05, 0) is 0 Å². The molecule has 0 unspecified atom stereocenters. The summed E-state index contributed by atoms with van der Waals surface area (Å²) >= 11 is 3.36. The first-order valence-corrected chi connectivity index (χ1v) is 11.0. The van der Waals surface area contributed by atoms with E-state index < -0.39 is 0 Å². The van der Waals surface area contributed by atoms with Gasteiger partial charge in [-0.1, -0.05) is 0 Å². The molecule has 2 radical (unpaired) electrons. The molecule has 0 spiro atoms.